The number of hydrogen-bond acceptors (Lipinski definition) is 7. The Hall–Kier alpha value is -3.81. The van der Waals surface area contributed by atoms with E-state index in [1.165, 1.54) is 19.3 Å². The maximum atomic E-state index is 12.7. The molecule has 2 fully saturated rings. The molecule has 0 saturated heterocycles. The smallest absolute Gasteiger partial charge is 0.251 e. The largest absolute Gasteiger partial charge is 0.493 e. The number of nitrogens with zero attached hydrogens (tertiary/aromatic N) is 2. The fourth-order valence-electron chi connectivity index (χ4n) is 4.43. The quantitative estimate of drug-likeness (QED) is 0.410. The van der Waals surface area contributed by atoms with Crippen LogP contribution in [0.25, 0.3) is 11.1 Å². The number of carbonyl (C=O) groups excluding carboxylic acids is 1. The van der Waals surface area contributed by atoms with Gasteiger partial charge in [0, 0.05) is 46.9 Å². The molecular weight excluding hydrogens is 456 g/mol. The number of ether oxygens (including phenoxy) is 3. The molecule has 2 aromatic carbocycles. The van der Waals surface area contributed by atoms with Crippen molar-refractivity contribution in [1.29, 1.82) is 0 Å². The van der Waals surface area contributed by atoms with E-state index in [-0.39, 0.29) is 12.0 Å². The third-order valence-corrected chi connectivity index (χ3v) is 6.60. The Morgan fingerprint density at radius 3 is 2.31 bits per heavy atom. The summed E-state index contributed by atoms with van der Waals surface area (Å²) in [6, 6.07) is 11.5. The van der Waals surface area contributed by atoms with E-state index in [1.54, 1.807) is 26.6 Å². The van der Waals surface area contributed by atoms with Crippen molar-refractivity contribution in [2.24, 2.45) is 0 Å². The van der Waals surface area contributed by atoms with Crippen molar-refractivity contribution in [3.8, 4) is 28.4 Å². The Morgan fingerprint density at radius 1 is 0.861 bits per heavy atom. The lowest BCUT2D eigenvalue weighted by Crippen LogP contribution is -2.25. The summed E-state index contributed by atoms with van der Waals surface area (Å²) in [6.07, 6.45) is 11.4. The van der Waals surface area contributed by atoms with Crippen molar-refractivity contribution in [3.05, 3.63) is 54.4 Å². The van der Waals surface area contributed by atoms with Gasteiger partial charge in [-0.2, -0.15) is 0 Å². The van der Waals surface area contributed by atoms with Gasteiger partial charge in [-0.3, -0.25) is 4.79 Å². The molecule has 0 bridgehead atoms. The van der Waals surface area contributed by atoms with Crippen LogP contribution in [0.3, 0.4) is 0 Å². The zero-order valence-electron chi connectivity index (χ0n) is 20.8. The molecule has 0 atom stereocenters. The summed E-state index contributed by atoms with van der Waals surface area (Å²) in [6.45, 7) is 0. The highest BCUT2D eigenvalue weighted by molar-refractivity contribution is 5.96. The minimum Gasteiger partial charge on any atom is -0.493 e. The Morgan fingerprint density at radius 2 is 1.61 bits per heavy atom. The average Bonchev–Trinajstić information content (AvgIpc) is 3.74. The van der Waals surface area contributed by atoms with Crippen LogP contribution in [0, 0.1) is 0 Å². The summed E-state index contributed by atoms with van der Waals surface area (Å²) in [4.78, 5) is 21.7. The van der Waals surface area contributed by atoms with Gasteiger partial charge in [-0.05, 0) is 68.9 Å². The first-order valence-corrected chi connectivity index (χ1v) is 12.6. The van der Waals surface area contributed by atoms with E-state index in [1.807, 2.05) is 36.4 Å². The van der Waals surface area contributed by atoms with Gasteiger partial charge in [0.15, 0.2) is 11.5 Å². The van der Waals surface area contributed by atoms with Crippen molar-refractivity contribution < 1.29 is 19.0 Å². The van der Waals surface area contributed by atoms with Gasteiger partial charge >= 0.3 is 0 Å². The lowest BCUT2D eigenvalue weighted by atomic mass is 9.97. The van der Waals surface area contributed by atoms with Gasteiger partial charge in [-0.25, -0.2) is 9.97 Å². The molecule has 2 aliphatic carbocycles. The number of nitrogens with one attached hydrogen (secondary N) is 2. The number of aromatic nitrogens is 2. The number of carbonyl (C=O) groups is 1. The highest BCUT2D eigenvalue weighted by atomic mass is 16.5. The second-order valence-corrected chi connectivity index (χ2v) is 9.33. The first kappa shape index (κ1) is 23.9. The Kier molecular flexibility index (Phi) is 7.21. The number of hydrogen-bond donors (Lipinski definition) is 2. The molecule has 0 unspecified atom stereocenters. The van der Waals surface area contributed by atoms with Gasteiger partial charge in [0.2, 0.25) is 5.95 Å². The molecule has 0 spiro atoms. The lowest BCUT2D eigenvalue weighted by molar-refractivity contribution is 0.0949. The minimum absolute atomic E-state index is 0.0525. The van der Waals surface area contributed by atoms with Crippen LogP contribution in [-0.2, 0) is 0 Å². The number of rotatable bonds is 9. The van der Waals surface area contributed by atoms with Crippen LogP contribution in [0.4, 0.5) is 11.6 Å². The van der Waals surface area contributed by atoms with Gasteiger partial charge in [-0.15, -0.1) is 0 Å². The zero-order valence-corrected chi connectivity index (χ0v) is 20.8. The monoisotopic (exact) mass is 488 g/mol. The number of amides is 1. The number of anilines is 2. The second-order valence-electron chi connectivity index (χ2n) is 9.33. The molecule has 0 aliphatic heterocycles. The predicted octanol–water partition coefficient (Wildman–Crippen LogP) is 5.51. The van der Waals surface area contributed by atoms with Crippen LogP contribution in [0.5, 0.6) is 17.2 Å². The zero-order chi connectivity index (χ0) is 24.9. The Bertz CT molecular complexity index is 1200. The minimum atomic E-state index is -0.0525. The number of methoxy groups -OCH3 is 2. The number of benzene rings is 2. The van der Waals surface area contributed by atoms with Crippen LogP contribution in [0.15, 0.2) is 48.8 Å². The normalized spacial score (nSPS) is 15.7. The van der Waals surface area contributed by atoms with Crippen molar-refractivity contribution >= 4 is 17.5 Å². The molecule has 2 N–H and O–H groups in total. The van der Waals surface area contributed by atoms with E-state index in [0.29, 0.717) is 34.8 Å². The molecule has 0 radical (unpaired) electrons. The van der Waals surface area contributed by atoms with Crippen molar-refractivity contribution in [3.63, 3.8) is 0 Å². The molecule has 1 amide bonds. The van der Waals surface area contributed by atoms with Gasteiger partial charge < -0.3 is 24.8 Å². The van der Waals surface area contributed by atoms with Crippen molar-refractivity contribution in [1.82, 2.24) is 15.3 Å². The molecule has 8 nitrogen and oxygen atoms in total. The van der Waals surface area contributed by atoms with Crippen LogP contribution in [0.2, 0.25) is 0 Å². The van der Waals surface area contributed by atoms with E-state index >= 15 is 0 Å². The van der Waals surface area contributed by atoms with E-state index in [0.717, 1.165) is 42.5 Å². The molecule has 2 aliphatic rings. The highest BCUT2D eigenvalue weighted by Gasteiger charge is 2.25. The summed E-state index contributed by atoms with van der Waals surface area (Å²) in [5.74, 6) is 2.38. The standard InChI is InChI=1S/C28H32N4O4/c1-34-24-13-11-21(15-26(24)35-2)32-28-29-16-19(17-30-28)23-12-8-18(27(33)31-20-9-10-20)14-25(23)36-22-6-4-3-5-7-22/h8,11-17,20,22H,3-7,9-10H2,1-2H3,(H,31,33)(H,29,30,32). The third-order valence-electron chi connectivity index (χ3n) is 6.60. The molecule has 1 aromatic heterocycles. The van der Waals surface area contributed by atoms with Gasteiger partial charge in [0.1, 0.15) is 5.75 Å². The van der Waals surface area contributed by atoms with Crippen LogP contribution in [-0.4, -0.2) is 42.2 Å². The Labute approximate surface area is 211 Å². The van der Waals surface area contributed by atoms with Crippen molar-refractivity contribution in [2.45, 2.75) is 57.1 Å². The molecule has 188 valence electrons. The van der Waals surface area contributed by atoms with Gasteiger partial charge in [0.25, 0.3) is 5.91 Å². The third kappa shape index (κ3) is 5.70. The lowest BCUT2D eigenvalue weighted by Gasteiger charge is -2.24. The molecule has 8 heteroatoms. The maximum Gasteiger partial charge on any atom is 0.251 e. The van der Waals surface area contributed by atoms with Gasteiger partial charge in [-0.1, -0.05) is 6.42 Å². The van der Waals surface area contributed by atoms with Crippen LogP contribution < -0.4 is 24.8 Å². The first-order valence-electron chi connectivity index (χ1n) is 12.6. The highest BCUT2D eigenvalue weighted by Crippen LogP contribution is 2.35. The van der Waals surface area contributed by atoms with E-state index in [2.05, 4.69) is 20.6 Å². The molecular formula is C28H32N4O4. The summed E-state index contributed by atoms with van der Waals surface area (Å²) >= 11 is 0. The SMILES string of the molecule is COc1ccc(Nc2ncc(-c3ccc(C(=O)NC4CC4)cc3OC3CCCCC3)cn2)cc1OC. The van der Waals surface area contributed by atoms with Crippen molar-refractivity contribution in [2.75, 3.05) is 19.5 Å². The molecule has 1 heterocycles. The summed E-state index contributed by atoms with van der Waals surface area (Å²) in [5, 5.41) is 6.26. The van der Waals surface area contributed by atoms with Crippen LogP contribution >= 0.6 is 0 Å². The fourth-order valence-corrected chi connectivity index (χ4v) is 4.43. The molecule has 3 aromatic rings. The van der Waals surface area contributed by atoms with Gasteiger partial charge in [0.05, 0.1) is 20.3 Å². The Balaban J connectivity index is 1.37. The predicted molar refractivity (Wildman–Crippen MR) is 138 cm³/mol. The molecule has 2 saturated carbocycles. The van der Waals surface area contributed by atoms with E-state index in [4.69, 9.17) is 14.2 Å². The maximum absolute atomic E-state index is 12.7. The average molecular weight is 489 g/mol. The fraction of sp³-hybridized carbons (Fsp3) is 0.393. The molecule has 36 heavy (non-hydrogen) atoms. The van der Waals surface area contributed by atoms with Crippen LogP contribution in [0.1, 0.15) is 55.3 Å². The van der Waals surface area contributed by atoms with E-state index in [9.17, 15) is 4.79 Å². The summed E-state index contributed by atoms with van der Waals surface area (Å²) in [5.41, 5.74) is 3.10. The topological polar surface area (TPSA) is 94.6 Å². The summed E-state index contributed by atoms with van der Waals surface area (Å²) < 4.78 is 17.1. The summed E-state index contributed by atoms with van der Waals surface area (Å²) in [7, 11) is 3.20. The first-order chi connectivity index (χ1) is 17.6. The second kappa shape index (κ2) is 10.8. The van der Waals surface area contributed by atoms with E-state index < -0.39 is 0 Å². The molecule has 5 rings (SSSR count).